The van der Waals surface area contributed by atoms with E-state index in [0.717, 1.165) is 35.3 Å². The maximum Gasteiger partial charge on any atom is 0.209 e. The van der Waals surface area contributed by atoms with Crippen molar-refractivity contribution < 1.29 is 8.83 Å². The molecule has 1 aliphatic carbocycles. The van der Waals surface area contributed by atoms with Crippen LogP contribution in [0.2, 0.25) is 5.02 Å². The molecule has 0 spiro atoms. The first-order valence-electron chi connectivity index (χ1n) is 8.56. The van der Waals surface area contributed by atoms with Gasteiger partial charge in [-0.1, -0.05) is 18.5 Å². The molecule has 2 heterocycles. The molecule has 2 aromatic heterocycles. The van der Waals surface area contributed by atoms with Crippen molar-refractivity contribution in [2.24, 2.45) is 5.92 Å². The summed E-state index contributed by atoms with van der Waals surface area (Å²) >= 11 is 5.92. The summed E-state index contributed by atoms with van der Waals surface area (Å²) in [6.07, 6.45) is 3.00. The van der Waals surface area contributed by atoms with Gasteiger partial charge in [0.05, 0.1) is 19.3 Å². The molecule has 0 amide bonds. The molecule has 0 aliphatic heterocycles. The Morgan fingerprint density at radius 2 is 1.88 bits per heavy atom. The van der Waals surface area contributed by atoms with E-state index in [1.165, 1.54) is 6.42 Å². The van der Waals surface area contributed by atoms with E-state index in [9.17, 15) is 0 Å². The molecule has 2 atom stereocenters. The van der Waals surface area contributed by atoms with Gasteiger partial charge in [0.25, 0.3) is 0 Å². The minimum absolute atomic E-state index is 0.618. The predicted molar refractivity (Wildman–Crippen MR) is 97.4 cm³/mol. The van der Waals surface area contributed by atoms with Gasteiger partial charge in [0.15, 0.2) is 5.76 Å². The summed E-state index contributed by atoms with van der Waals surface area (Å²) in [7, 11) is 2.04. The van der Waals surface area contributed by atoms with Crippen molar-refractivity contribution in [3.05, 3.63) is 65.0 Å². The lowest BCUT2D eigenvalue weighted by Gasteiger charge is -2.12. The van der Waals surface area contributed by atoms with Crippen LogP contribution >= 0.6 is 11.6 Å². The zero-order valence-electron chi connectivity index (χ0n) is 14.4. The number of hydrogen-bond donors (Lipinski definition) is 0. The fraction of sp³-hybridized carbons (Fsp3) is 0.350. The minimum Gasteiger partial charge on any atom is -0.464 e. The SMILES string of the molecule is C[C@@H]1C[C@@H]1c1ccc(CN(C)Cc2ncc(-c3ccc(Cl)cc3)o2)o1. The Bertz CT molecular complexity index is 853. The van der Waals surface area contributed by atoms with Crippen molar-refractivity contribution in [3.63, 3.8) is 0 Å². The van der Waals surface area contributed by atoms with Crippen molar-refractivity contribution in [1.82, 2.24) is 9.88 Å². The van der Waals surface area contributed by atoms with Gasteiger partial charge in [0.1, 0.15) is 11.5 Å². The molecule has 25 heavy (non-hydrogen) atoms. The van der Waals surface area contributed by atoms with Crippen LogP contribution in [0, 0.1) is 5.92 Å². The highest BCUT2D eigenvalue weighted by Gasteiger charge is 2.36. The Kier molecular flexibility index (Phi) is 4.40. The monoisotopic (exact) mass is 356 g/mol. The van der Waals surface area contributed by atoms with Gasteiger partial charge in [-0.15, -0.1) is 0 Å². The highest BCUT2D eigenvalue weighted by molar-refractivity contribution is 6.30. The van der Waals surface area contributed by atoms with Crippen molar-refractivity contribution in [1.29, 1.82) is 0 Å². The lowest BCUT2D eigenvalue weighted by Crippen LogP contribution is -2.16. The molecule has 0 unspecified atom stereocenters. The van der Waals surface area contributed by atoms with E-state index in [0.29, 0.717) is 23.4 Å². The predicted octanol–water partition coefficient (Wildman–Crippen LogP) is 5.34. The Balaban J connectivity index is 1.37. The van der Waals surface area contributed by atoms with E-state index in [1.54, 1.807) is 6.20 Å². The minimum atomic E-state index is 0.618. The number of benzene rings is 1. The van der Waals surface area contributed by atoms with Crippen molar-refractivity contribution >= 4 is 11.6 Å². The summed E-state index contributed by atoms with van der Waals surface area (Å²) < 4.78 is 11.8. The number of nitrogens with zero attached hydrogens (tertiary/aromatic N) is 2. The van der Waals surface area contributed by atoms with Gasteiger partial charge in [0.2, 0.25) is 5.89 Å². The molecule has 0 N–H and O–H groups in total. The van der Waals surface area contributed by atoms with Crippen LogP contribution in [0.5, 0.6) is 0 Å². The summed E-state index contributed by atoms with van der Waals surface area (Å²) in [6, 6.07) is 11.7. The molecule has 1 fully saturated rings. The molecule has 1 aliphatic rings. The van der Waals surface area contributed by atoms with Crippen LogP contribution in [0.25, 0.3) is 11.3 Å². The molecule has 1 saturated carbocycles. The third kappa shape index (κ3) is 3.80. The van der Waals surface area contributed by atoms with Gasteiger partial charge >= 0.3 is 0 Å². The quantitative estimate of drug-likeness (QED) is 0.597. The average Bonchev–Trinajstić information content (AvgIpc) is 2.99. The number of hydrogen-bond acceptors (Lipinski definition) is 4. The lowest BCUT2D eigenvalue weighted by atomic mass is 10.2. The fourth-order valence-corrected chi connectivity index (χ4v) is 3.21. The number of furan rings is 1. The number of halogens is 1. The standard InChI is InChI=1S/C20H21ClN2O2/c1-13-9-17(13)18-8-7-16(24-18)11-23(2)12-20-22-10-19(25-20)14-3-5-15(21)6-4-14/h3-8,10,13,17H,9,11-12H2,1-2H3/t13-,17+/m1/s1. The van der Waals surface area contributed by atoms with E-state index in [4.69, 9.17) is 20.4 Å². The Labute approximate surface area is 152 Å². The Hall–Kier alpha value is -2.04. The molecule has 3 aromatic rings. The molecule has 1 aromatic carbocycles. The van der Waals surface area contributed by atoms with Crippen LogP contribution < -0.4 is 0 Å². The Morgan fingerprint density at radius 3 is 2.60 bits per heavy atom. The number of aromatic nitrogens is 1. The highest BCUT2D eigenvalue weighted by Crippen LogP contribution is 2.47. The molecule has 4 rings (SSSR count). The summed E-state index contributed by atoms with van der Waals surface area (Å²) in [5, 5.41) is 0.710. The zero-order valence-corrected chi connectivity index (χ0v) is 15.2. The maximum atomic E-state index is 5.97. The zero-order chi connectivity index (χ0) is 17.4. The largest absolute Gasteiger partial charge is 0.464 e. The van der Waals surface area contributed by atoms with Crippen LogP contribution in [-0.4, -0.2) is 16.9 Å². The van der Waals surface area contributed by atoms with Crippen molar-refractivity contribution in [2.45, 2.75) is 32.4 Å². The molecular weight excluding hydrogens is 336 g/mol. The van der Waals surface area contributed by atoms with Crippen LogP contribution in [0.15, 0.2) is 51.4 Å². The van der Waals surface area contributed by atoms with E-state index in [-0.39, 0.29) is 0 Å². The van der Waals surface area contributed by atoms with Crippen LogP contribution in [0.4, 0.5) is 0 Å². The van der Waals surface area contributed by atoms with Gasteiger partial charge in [0, 0.05) is 16.5 Å². The second-order valence-electron chi connectivity index (χ2n) is 6.92. The number of oxazole rings is 1. The van der Waals surface area contributed by atoms with E-state index in [2.05, 4.69) is 28.9 Å². The second-order valence-corrected chi connectivity index (χ2v) is 7.36. The topological polar surface area (TPSA) is 42.4 Å². The third-order valence-corrected chi connectivity index (χ3v) is 4.92. The molecule has 0 bridgehead atoms. The summed E-state index contributed by atoms with van der Waals surface area (Å²) in [5.41, 5.74) is 0.972. The lowest BCUT2D eigenvalue weighted by molar-refractivity contribution is 0.257. The summed E-state index contributed by atoms with van der Waals surface area (Å²) in [4.78, 5) is 6.51. The van der Waals surface area contributed by atoms with E-state index >= 15 is 0 Å². The van der Waals surface area contributed by atoms with E-state index < -0.39 is 0 Å². The maximum absolute atomic E-state index is 5.97. The molecule has 5 heteroatoms. The highest BCUT2D eigenvalue weighted by atomic mass is 35.5. The van der Waals surface area contributed by atoms with Crippen molar-refractivity contribution in [3.8, 4) is 11.3 Å². The smallest absolute Gasteiger partial charge is 0.209 e. The van der Waals surface area contributed by atoms with Crippen LogP contribution in [0.1, 0.15) is 36.7 Å². The van der Waals surface area contributed by atoms with Gasteiger partial charge in [-0.25, -0.2) is 4.98 Å². The van der Waals surface area contributed by atoms with Gasteiger partial charge in [-0.3, -0.25) is 4.90 Å². The van der Waals surface area contributed by atoms with Gasteiger partial charge < -0.3 is 8.83 Å². The van der Waals surface area contributed by atoms with Gasteiger partial charge in [-0.2, -0.15) is 0 Å². The molecule has 4 nitrogen and oxygen atoms in total. The normalized spacial score (nSPS) is 19.5. The van der Waals surface area contributed by atoms with Crippen molar-refractivity contribution in [2.75, 3.05) is 7.05 Å². The number of rotatable bonds is 6. The first-order chi connectivity index (χ1) is 12.1. The first kappa shape index (κ1) is 16.4. The Morgan fingerprint density at radius 1 is 1.12 bits per heavy atom. The average molecular weight is 357 g/mol. The molecule has 0 radical (unpaired) electrons. The van der Waals surface area contributed by atoms with Gasteiger partial charge in [-0.05, 0) is 55.8 Å². The molecule has 0 saturated heterocycles. The van der Waals surface area contributed by atoms with Crippen LogP contribution in [-0.2, 0) is 13.1 Å². The molecular formula is C20H21ClN2O2. The first-order valence-corrected chi connectivity index (χ1v) is 8.94. The summed E-state index contributed by atoms with van der Waals surface area (Å²) in [5.74, 6) is 4.93. The third-order valence-electron chi connectivity index (χ3n) is 4.67. The second kappa shape index (κ2) is 6.70. The molecule has 130 valence electrons. The van der Waals surface area contributed by atoms with Crippen LogP contribution in [0.3, 0.4) is 0 Å². The van der Waals surface area contributed by atoms with E-state index in [1.807, 2.05) is 31.3 Å². The fourth-order valence-electron chi connectivity index (χ4n) is 3.08. The summed E-state index contributed by atoms with van der Waals surface area (Å²) in [6.45, 7) is 3.63.